The van der Waals surface area contributed by atoms with Crippen LogP contribution in [0.1, 0.15) is 18.4 Å². The van der Waals surface area contributed by atoms with Crippen molar-refractivity contribution in [2.45, 2.75) is 12.8 Å². The van der Waals surface area contributed by atoms with Gasteiger partial charge in [-0.15, -0.1) is 0 Å². The molecule has 84 valence electrons. The highest BCUT2D eigenvalue weighted by molar-refractivity contribution is 6.33. The second-order valence-corrected chi connectivity index (χ2v) is 3.59. The molecular weight excluding hydrogens is 228 g/mol. The van der Waals surface area contributed by atoms with Crippen molar-refractivity contribution < 1.29 is 9.90 Å². The van der Waals surface area contributed by atoms with Crippen molar-refractivity contribution >= 4 is 23.2 Å². The third-order valence-electron chi connectivity index (χ3n) is 1.93. The van der Waals surface area contributed by atoms with Crippen LogP contribution in [0.4, 0.5) is 5.69 Å². The zero-order valence-corrected chi connectivity index (χ0v) is 9.29. The lowest BCUT2D eigenvalue weighted by Crippen LogP contribution is -2.12. The quantitative estimate of drug-likeness (QED) is 0.842. The first-order valence-electron chi connectivity index (χ1n) is 4.77. The second kappa shape index (κ2) is 6.11. The number of benzene rings is 1. The Kier molecular flexibility index (Phi) is 4.77. The van der Waals surface area contributed by atoms with E-state index in [-0.39, 0.29) is 18.9 Å². The molecular formula is C11H11ClN2O2. The fourth-order valence-corrected chi connectivity index (χ4v) is 1.31. The number of aliphatic hydroxyl groups excluding tert-OH is 1. The fraction of sp³-hybridized carbons (Fsp3) is 0.273. The number of nitrogens with one attached hydrogen (secondary N) is 1. The van der Waals surface area contributed by atoms with Crippen molar-refractivity contribution in [3.05, 3.63) is 28.8 Å². The number of aliphatic hydroxyl groups is 1. The molecule has 0 aliphatic rings. The smallest absolute Gasteiger partial charge is 0.224 e. The molecule has 0 saturated carbocycles. The van der Waals surface area contributed by atoms with Crippen LogP contribution in [-0.4, -0.2) is 17.6 Å². The summed E-state index contributed by atoms with van der Waals surface area (Å²) in [6, 6.07) is 6.61. The molecule has 0 aliphatic heterocycles. The second-order valence-electron chi connectivity index (χ2n) is 3.18. The average molecular weight is 239 g/mol. The lowest BCUT2D eigenvalue weighted by atomic mass is 10.2. The molecule has 0 spiro atoms. The van der Waals surface area contributed by atoms with Gasteiger partial charge in [-0.3, -0.25) is 4.79 Å². The summed E-state index contributed by atoms with van der Waals surface area (Å²) in [6.45, 7) is -0.0284. The Bertz CT molecular complexity index is 426. The highest BCUT2D eigenvalue weighted by Crippen LogP contribution is 2.22. The predicted octanol–water partition coefficient (Wildman–Crippen LogP) is 1.92. The Morgan fingerprint density at radius 3 is 2.94 bits per heavy atom. The first-order valence-corrected chi connectivity index (χ1v) is 5.15. The first-order chi connectivity index (χ1) is 7.67. The first kappa shape index (κ1) is 12.5. The van der Waals surface area contributed by atoms with Gasteiger partial charge in [-0.1, -0.05) is 11.6 Å². The van der Waals surface area contributed by atoms with Crippen LogP contribution in [0.15, 0.2) is 18.2 Å². The molecule has 0 bridgehead atoms. The molecule has 16 heavy (non-hydrogen) atoms. The number of halogens is 1. The molecule has 0 aliphatic carbocycles. The van der Waals surface area contributed by atoms with Gasteiger partial charge >= 0.3 is 0 Å². The zero-order valence-electron chi connectivity index (χ0n) is 8.53. The van der Waals surface area contributed by atoms with Gasteiger partial charge in [-0.25, -0.2) is 0 Å². The molecule has 0 unspecified atom stereocenters. The van der Waals surface area contributed by atoms with Crippen molar-refractivity contribution in [2.24, 2.45) is 0 Å². The third kappa shape index (κ3) is 3.54. The van der Waals surface area contributed by atoms with E-state index in [1.165, 1.54) is 6.07 Å². The van der Waals surface area contributed by atoms with E-state index in [1.807, 2.05) is 6.07 Å². The van der Waals surface area contributed by atoms with E-state index >= 15 is 0 Å². The minimum atomic E-state index is -0.231. The van der Waals surface area contributed by atoms with E-state index in [1.54, 1.807) is 12.1 Å². The lowest BCUT2D eigenvalue weighted by molar-refractivity contribution is -0.116. The van der Waals surface area contributed by atoms with E-state index < -0.39 is 0 Å². The number of nitriles is 1. The van der Waals surface area contributed by atoms with Crippen molar-refractivity contribution in [2.75, 3.05) is 11.9 Å². The number of anilines is 1. The monoisotopic (exact) mass is 238 g/mol. The minimum Gasteiger partial charge on any atom is -0.396 e. The van der Waals surface area contributed by atoms with E-state index in [0.29, 0.717) is 22.7 Å². The lowest BCUT2D eigenvalue weighted by Gasteiger charge is -2.06. The molecule has 0 aromatic heterocycles. The van der Waals surface area contributed by atoms with Gasteiger partial charge < -0.3 is 10.4 Å². The van der Waals surface area contributed by atoms with Crippen LogP contribution in [0, 0.1) is 11.3 Å². The number of carbonyl (C=O) groups is 1. The van der Waals surface area contributed by atoms with Crippen molar-refractivity contribution in [1.82, 2.24) is 0 Å². The number of carbonyl (C=O) groups excluding carboxylic acids is 1. The molecule has 5 heteroatoms. The van der Waals surface area contributed by atoms with Crippen LogP contribution in [-0.2, 0) is 4.79 Å². The van der Waals surface area contributed by atoms with Gasteiger partial charge in [-0.05, 0) is 24.6 Å². The van der Waals surface area contributed by atoms with Gasteiger partial charge in [-0.2, -0.15) is 5.26 Å². The van der Waals surface area contributed by atoms with Crippen LogP contribution in [0.2, 0.25) is 5.02 Å². The summed E-state index contributed by atoms with van der Waals surface area (Å²) in [5, 5.41) is 20.2. The summed E-state index contributed by atoms with van der Waals surface area (Å²) in [4.78, 5) is 11.4. The molecule has 2 N–H and O–H groups in total. The Morgan fingerprint density at radius 2 is 2.31 bits per heavy atom. The van der Waals surface area contributed by atoms with Crippen LogP contribution in [0.3, 0.4) is 0 Å². The molecule has 0 radical (unpaired) electrons. The molecule has 1 amide bonds. The van der Waals surface area contributed by atoms with Crippen molar-refractivity contribution in [3.63, 3.8) is 0 Å². The van der Waals surface area contributed by atoms with E-state index in [9.17, 15) is 4.79 Å². The summed E-state index contributed by atoms with van der Waals surface area (Å²) in [6.07, 6.45) is 0.630. The van der Waals surface area contributed by atoms with Crippen LogP contribution in [0.5, 0.6) is 0 Å². The maximum Gasteiger partial charge on any atom is 0.224 e. The van der Waals surface area contributed by atoms with Crippen LogP contribution >= 0.6 is 11.6 Å². The van der Waals surface area contributed by atoms with Crippen molar-refractivity contribution in [1.29, 1.82) is 5.26 Å². The van der Waals surface area contributed by atoms with Crippen LogP contribution in [0.25, 0.3) is 0 Å². The Labute approximate surface area is 98.5 Å². The predicted molar refractivity (Wildman–Crippen MR) is 61.1 cm³/mol. The fourth-order valence-electron chi connectivity index (χ4n) is 1.14. The van der Waals surface area contributed by atoms with Gasteiger partial charge in [0.15, 0.2) is 0 Å². The number of rotatable bonds is 4. The standard InChI is InChI=1S/C11H11ClN2O2/c12-9-4-3-8(7-13)6-10(9)14-11(16)2-1-5-15/h3-4,6,15H,1-2,5H2,(H,14,16). The summed E-state index contributed by atoms with van der Waals surface area (Å²) in [7, 11) is 0. The molecule has 0 fully saturated rings. The molecule has 0 saturated heterocycles. The summed E-state index contributed by atoms with van der Waals surface area (Å²) >= 11 is 5.86. The molecule has 1 aromatic carbocycles. The Morgan fingerprint density at radius 1 is 1.56 bits per heavy atom. The van der Waals surface area contributed by atoms with Gasteiger partial charge in [0.1, 0.15) is 0 Å². The van der Waals surface area contributed by atoms with Gasteiger partial charge in [0.25, 0.3) is 0 Å². The minimum absolute atomic E-state index is 0.0284. The summed E-state index contributed by atoms with van der Waals surface area (Å²) in [5.74, 6) is -0.231. The zero-order chi connectivity index (χ0) is 12.0. The summed E-state index contributed by atoms with van der Waals surface area (Å²) < 4.78 is 0. The Balaban J connectivity index is 2.73. The maximum atomic E-state index is 11.4. The van der Waals surface area contributed by atoms with Gasteiger partial charge in [0.2, 0.25) is 5.91 Å². The average Bonchev–Trinajstić information content (AvgIpc) is 2.29. The molecule has 0 heterocycles. The van der Waals surface area contributed by atoms with Crippen molar-refractivity contribution in [3.8, 4) is 6.07 Å². The molecule has 1 rings (SSSR count). The highest BCUT2D eigenvalue weighted by atomic mass is 35.5. The highest BCUT2D eigenvalue weighted by Gasteiger charge is 2.06. The number of amides is 1. The third-order valence-corrected chi connectivity index (χ3v) is 2.26. The van der Waals surface area contributed by atoms with E-state index in [4.69, 9.17) is 22.0 Å². The number of hydrogen-bond donors (Lipinski definition) is 2. The van der Waals surface area contributed by atoms with Gasteiger partial charge in [0, 0.05) is 13.0 Å². The Hall–Kier alpha value is -1.57. The SMILES string of the molecule is N#Cc1ccc(Cl)c(NC(=O)CCCO)c1. The van der Waals surface area contributed by atoms with Gasteiger partial charge in [0.05, 0.1) is 22.3 Å². The van der Waals surface area contributed by atoms with Crippen LogP contribution < -0.4 is 5.32 Å². The topological polar surface area (TPSA) is 73.1 Å². The normalized spacial score (nSPS) is 9.56. The summed E-state index contributed by atoms with van der Waals surface area (Å²) in [5.41, 5.74) is 0.852. The van der Waals surface area contributed by atoms with E-state index in [2.05, 4.69) is 5.32 Å². The number of nitrogens with zero attached hydrogens (tertiary/aromatic N) is 1. The molecule has 0 atom stereocenters. The van der Waals surface area contributed by atoms with E-state index in [0.717, 1.165) is 0 Å². The molecule has 4 nitrogen and oxygen atoms in total. The number of hydrogen-bond acceptors (Lipinski definition) is 3. The maximum absolute atomic E-state index is 11.4. The largest absolute Gasteiger partial charge is 0.396 e. The molecule has 1 aromatic rings.